The van der Waals surface area contributed by atoms with Gasteiger partial charge in [0.15, 0.2) is 0 Å². The first kappa shape index (κ1) is 21.5. The van der Waals surface area contributed by atoms with E-state index in [0.29, 0.717) is 11.3 Å². The van der Waals surface area contributed by atoms with E-state index in [4.69, 9.17) is 1.37 Å². The van der Waals surface area contributed by atoms with E-state index in [0.717, 1.165) is 48.9 Å². The zero-order chi connectivity index (χ0) is 32.1. The van der Waals surface area contributed by atoms with Crippen molar-refractivity contribution >= 4 is 61.3 Å². The maximum absolute atomic E-state index is 9.46. The summed E-state index contributed by atoms with van der Waals surface area (Å²) in [5, 5.41) is 20.4. The van der Waals surface area contributed by atoms with Gasteiger partial charge in [-0.25, -0.2) is 0 Å². The largest absolute Gasteiger partial charge is 0.310 e. The maximum atomic E-state index is 9.46. The fourth-order valence-corrected chi connectivity index (χ4v) is 6.34. The van der Waals surface area contributed by atoms with E-state index >= 15 is 0 Å². The first-order chi connectivity index (χ1) is 23.0. The van der Waals surface area contributed by atoms with Gasteiger partial charge in [-0.15, -0.1) is 20.4 Å². The van der Waals surface area contributed by atoms with Crippen LogP contribution in [0.5, 0.6) is 0 Å². The molecule has 0 N–H and O–H groups in total. The Hall–Kier alpha value is -5.24. The summed E-state index contributed by atoms with van der Waals surface area (Å²) in [4.78, 5) is 1.91. The van der Waals surface area contributed by atoms with Gasteiger partial charge in [0, 0.05) is 28.2 Å². The molecule has 0 atom stereocenters. The Balaban J connectivity index is 1.31. The fourth-order valence-electron chi connectivity index (χ4n) is 5.22. The molecule has 0 bridgehead atoms. The highest BCUT2D eigenvalue weighted by molar-refractivity contribution is 7.13. The van der Waals surface area contributed by atoms with Gasteiger partial charge in [0.2, 0.25) is 0 Å². The minimum Gasteiger partial charge on any atom is -0.310 e. The SMILES string of the molecule is [2H]c1cc(N(c2ccc(-c3nncs3)cc2)c2ccc(-c3nncs3)cc2)c([2H])c2c([2H])cc(-c3cccc4ccccc34)c([2H])c12. The molecule has 5 nitrogen and oxygen atoms in total. The Morgan fingerprint density at radius 1 is 0.512 bits per heavy atom. The van der Waals surface area contributed by atoms with Crippen molar-refractivity contribution in [1.29, 1.82) is 0 Å². The van der Waals surface area contributed by atoms with Gasteiger partial charge in [0.25, 0.3) is 0 Å². The molecule has 204 valence electrons. The van der Waals surface area contributed by atoms with Crippen LogP contribution in [-0.4, -0.2) is 20.4 Å². The van der Waals surface area contributed by atoms with E-state index in [1.54, 1.807) is 23.2 Å². The summed E-state index contributed by atoms with van der Waals surface area (Å²) < 4.78 is 37.0. The van der Waals surface area contributed by atoms with Gasteiger partial charge in [-0.3, -0.25) is 0 Å². The predicted octanol–water partition coefficient (Wildman–Crippen LogP) is 10.2. The second-order valence-electron chi connectivity index (χ2n) is 9.82. The van der Waals surface area contributed by atoms with Crippen LogP contribution in [0, 0.1) is 0 Å². The van der Waals surface area contributed by atoms with Crippen molar-refractivity contribution in [2.75, 3.05) is 4.90 Å². The zero-order valence-electron chi connectivity index (χ0n) is 26.5. The van der Waals surface area contributed by atoms with Crippen LogP contribution in [0.25, 0.3) is 53.8 Å². The van der Waals surface area contributed by atoms with E-state index in [1.807, 2.05) is 95.9 Å². The Kier molecular flexibility index (Phi) is 5.43. The molecule has 2 aromatic heterocycles. The molecule has 8 aromatic rings. The van der Waals surface area contributed by atoms with Crippen LogP contribution in [0.3, 0.4) is 0 Å². The summed E-state index contributed by atoms with van der Waals surface area (Å²) in [5.74, 6) is 0. The summed E-state index contributed by atoms with van der Waals surface area (Å²) in [6, 6.07) is 33.1. The molecule has 0 fully saturated rings. The molecule has 0 saturated carbocycles. The van der Waals surface area contributed by atoms with Crippen molar-refractivity contribution in [3.8, 4) is 32.3 Å². The Morgan fingerprint density at radius 2 is 1.12 bits per heavy atom. The number of hydrogen-bond acceptors (Lipinski definition) is 7. The number of aromatic nitrogens is 4. The van der Waals surface area contributed by atoms with Crippen molar-refractivity contribution in [2.24, 2.45) is 0 Å². The van der Waals surface area contributed by atoms with Gasteiger partial charge in [0.05, 0.1) is 5.48 Å². The van der Waals surface area contributed by atoms with Gasteiger partial charge in [-0.1, -0.05) is 83.3 Å². The molecule has 6 aromatic carbocycles. The summed E-state index contributed by atoms with van der Waals surface area (Å²) in [5.41, 5.74) is 8.57. The lowest BCUT2D eigenvalue weighted by Crippen LogP contribution is -2.09. The summed E-state index contributed by atoms with van der Waals surface area (Å²) in [7, 11) is 0. The second-order valence-corrected chi connectivity index (χ2v) is 11.5. The standard InChI is InChI=1S/C36H23N5S2/c1-2-6-33-24(4-1)5-3-7-34(33)29-9-8-28-21-32(19-14-27(28)20-29)41(30-15-10-25(11-16-30)35-39-37-22-42-35)31-17-12-26(13-18-31)36-40-38-23-43-36/h1-23H/i8D,14D,20D,21D. The third kappa shape index (κ3) is 4.84. The van der Waals surface area contributed by atoms with Gasteiger partial charge in [-0.05, 0) is 99.4 Å². The van der Waals surface area contributed by atoms with Crippen LogP contribution < -0.4 is 4.90 Å². The molecule has 7 heteroatoms. The molecule has 0 radical (unpaired) electrons. The molecule has 0 aliphatic carbocycles. The molecule has 0 aliphatic heterocycles. The molecule has 0 aliphatic rings. The lowest BCUT2D eigenvalue weighted by Gasteiger charge is -2.26. The number of nitrogens with zero attached hydrogens (tertiary/aromatic N) is 5. The first-order valence-corrected chi connectivity index (χ1v) is 15.3. The minimum absolute atomic E-state index is 0.0698. The normalized spacial score (nSPS) is 12.6. The van der Waals surface area contributed by atoms with E-state index < -0.39 is 0 Å². The molecular weight excluding hydrogens is 567 g/mol. The highest BCUT2D eigenvalue weighted by atomic mass is 32.1. The van der Waals surface area contributed by atoms with Crippen LogP contribution in [0.1, 0.15) is 5.48 Å². The Morgan fingerprint density at radius 3 is 1.77 bits per heavy atom. The molecule has 0 saturated heterocycles. The molecular formula is C36H23N5S2. The van der Waals surface area contributed by atoms with Crippen molar-refractivity contribution in [3.63, 3.8) is 0 Å². The van der Waals surface area contributed by atoms with Gasteiger partial charge in [-0.2, -0.15) is 0 Å². The number of benzene rings is 6. The first-order valence-electron chi connectivity index (χ1n) is 15.5. The number of fused-ring (bicyclic) bond motifs is 2. The van der Waals surface area contributed by atoms with Crippen molar-refractivity contribution in [3.05, 3.63) is 138 Å². The monoisotopic (exact) mass is 593 g/mol. The second kappa shape index (κ2) is 10.9. The molecule has 43 heavy (non-hydrogen) atoms. The van der Waals surface area contributed by atoms with Crippen LogP contribution in [0.4, 0.5) is 17.1 Å². The number of hydrogen-bond donors (Lipinski definition) is 0. The molecule has 8 rings (SSSR count). The van der Waals surface area contributed by atoms with Crippen molar-refractivity contribution < 1.29 is 5.48 Å². The maximum Gasteiger partial charge on any atom is 0.147 e. The summed E-state index contributed by atoms with van der Waals surface area (Å²) >= 11 is 2.91. The van der Waals surface area contributed by atoms with E-state index in [1.165, 1.54) is 22.7 Å². The third-order valence-electron chi connectivity index (χ3n) is 7.26. The average molecular weight is 594 g/mol. The van der Waals surface area contributed by atoms with Gasteiger partial charge < -0.3 is 4.90 Å². The van der Waals surface area contributed by atoms with E-state index in [2.05, 4.69) is 20.4 Å². The quantitative estimate of drug-likeness (QED) is 0.192. The molecule has 0 spiro atoms. The van der Waals surface area contributed by atoms with Crippen LogP contribution >= 0.6 is 22.7 Å². The number of anilines is 3. The molecule has 0 unspecified atom stereocenters. The van der Waals surface area contributed by atoms with Gasteiger partial charge in [0.1, 0.15) is 21.0 Å². The lowest BCUT2D eigenvalue weighted by molar-refractivity contribution is 1.09. The number of rotatable bonds is 6. The van der Waals surface area contributed by atoms with E-state index in [9.17, 15) is 4.11 Å². The van der Waals surface area contributed by atoms with Crippen molar-refractivity contribution in [1.82, 2.24) is 20.4 Å². The van der Waals surface area contributed by atoms with E-state index in [-0.39, 0.29) is 34.9 Å². The average Bonchev–Trinajstić information content (AvgIpc) is 3.84. The summed E-state index contributed by atoms with van der Waals surface area (Å²) in [6.07, 6.45) is 0. The highest BCUT2D eigenvalue weighted by Crippen LogP contribution is 2.39. The fraction of sp³-hybridized carbons (Fsp3) is 0. The van der Waals surface area contributed by atoms with Crippen LogP contribution in [0.15, 0.2) is 138 Å². The van der Waals surface area contributed by atoms with Crippen LogP contribution in [0.2, 0.25) is 0 Å². The lowest BCUT2D eigenvalue weighted by atomic mass is 9.96. The molecule has 0 amide bonds. The zero-order valence-corrected chi connectivity index (χ0v) is 24.2. The minimum atomic E-state index is 0.0698. The van der Waals surface area contributed by atoms with Crippen molar-refractivity contribution in [2.45, 2.75) is 0 Å². The smallest absolute Gasteiger partial charge is 0.147 e. The highest BCUT2D eigenvalue weighted by Gasteiger charge is 2.15. The predicted molar refractivity (Wildman–Crippen MR) is 179 cm³/mol. The topological polar surface area (TPSA) is 54.8 Å². The Labute approximate surface area is 262 Å². The summed E-state index contributed by atoms with van der Waals surface area (Å²) in [6.45, 7) is 0. The molecule has 2 heterocycles. The van der Waals surface area contributed by atoms with Gasteiger partial charge >= 0.3 is 0 Å². The van der Waals surface area contributed by atoms with Crippen LogP contribution in [-0.2, 0) is 0 Å². The third-order valence-corrected chi connectivity index (χ3v) is 8.74. The Bertz CT molecular complexity index is 2310.